The minimum Gasteiger partial charge on any atom is -0.508 e. The largest absolute Gasteiger partial charge is 0.508 e. The van der Waals surface area contributed by atoms with Gasteiger partial charge in [0, 0.05) is 25.2 Å². The zero-order valence-corrected chi connectivity index (χ0v) is 20.9. The number of nitrogens with zero attached hydrogens (tertiary/aromatic N) is 1. The first-order valence-corrected chi connectivity index (χ1v) is 13.2. The van der Waals surface area contributed by atoms with Gasteiger partial charge in [0.1, 0.15) is 5.75 Å². The van der Waals surface area contributed by atoms with E-state index < -0.39 is 16.0 Å². The van der Waals surface area contributed by atoms with Crippen molar-refractivity contribution in [1.82, 2.24) is 9.62 Å². The van der Waals surface area contributed by atoms with Crippen LogP contribution in [0.5, 0.6) is 5.75 Å². The Morgan fingerprint density at radius 3 is 2.25 bits per heavy atom. The van der Waals surface area contributed by atoms with E-state index >= 15 is 0 Å². The lowest BCUT2D eigenvalue weighted by atomic mass is 10.1. The summed E-state index contributed by atoms with van der Waals surface area (Å²) in [6.45, 7) is 2.94. The first-order valence-electron chi connectivity index (χ1n) is 11.7. The van der Waals surface area contributed by atoms with Gasteiger partial charge in [-0.2, -0.15) is 0 Å². The van der Waals surface area contributed by atoms with Crippen molar-refractivity contribution >= 4 is 21.9 Å². The topological polar surface area (TPSA) is 124 Å². The second-order valence-corrected chi connectivity index (χ2v) is 10.2. The van der Waals surface area contributed by atoms with Crippen LogP contribution in [0.1, 0.15) is 51.6 Å². The van der Waals surface area contributed by atoms with Crippen molar-refractivity contribution in [3.63, 3.8) is 0 Å². The molecular formula is C27H30N2O6S. The van der Waals surface area contributed by atoms with Crippen molar-refractivity contribution in [3.8, 4) is 5.75 Å². The minimum atomic E-state index is -3.76. The van der Waals surface area contributed by atoms with E-state index in [4.69, 9.17) is 0 Å². The quantitative estimate of drug-likeness (QED) is 0.338. The van der Waals surface area contributed by atoms with Crippen LogP contribution >= 0.6 is 0 Å². The van der Waals surface area contributed by atoms with E-state index in [1.807, 2.05) is 6.92 Å². The Labute approximate surface area is 211 Å². The van der Waals surface area contributed by atoms with Crippen molar-refractivity contribution in [2.45, 2.75) is 37.6 Å². The van der Waals surface area contributed by atoms with E-state index in [0.29, 0.717) is 24.1 Å². The zero-order chi connectivity index (χ0) is 26.1. The summed E-state index contributed by atoms with van der Waals surface area (Å²) in [6, 6.07) is 18.8. The molecule has 0 saturated heterocycles. The number of nitrogens with one attached hydrogen (secondary N) is 1. The molecule has 0 bridgehead atoms. The fraction of sp³-hybridized carbons (Fsp3) is 0.259. The van der Waals surface area contributed by atoms with Gasteiger partial charge in [-0.1, -0.05) is 37.6 Å². The van der Waals surface area contributed by atoms with E-state index in [1.165, 1.54) is 30.3 Å². The highest BCUT2D eigenvalue weighted by Gasteiger charge is 2.19. The molecule has 9 heteroatoms. The summed E-state index contributed by atoms with van der Waals surface area (Å²) in [5.41, 5.74) is 2.10. The Morgan fingerprint density at radius 2 is 1.61 bits per heavy atom. The van der Waals surface area contributed by atoms with Gasteiger partial charge in [0.05, 0.1) is 10.5 Å². The lowest BCUT2D eigenvalue weighted by Crippen LogP contribution is -2.31. The minimum absolute atomic E-state index is 0.0547. The van der Waals surface area contributed by atoms with Crippen LogP contribution in [0.3, 0.4) is 0 Å². The molecule has 0 atom stereocenters. The van der Waals surface area contributed by atoms with E-state index in [2.05, 4.69) is 4.72 Å². The average Bonchev–Trinajstić information content (AvgIpc) is 2.87. The monoisotopic (exact) mass is 510 g/mol. The standard InChI is InChI=1S/C27H30N2O6S/c1-2-3-17-29(19-21-5-4-6-23(18-21)27(32)33)26(31)22-9-13-25(14-10-22)36(34,35)28-16-15-20-7-11-24(30)12-8-20/h4-14,18,28,30H,2-3,15-17,19H2,1H3,(H,32,33). The molecule has 0 fully saturated rings. The van der Waals surface area contributed by atoms with Gasteiger partial charge in [-0.05, 0) is 72.5 Å². The molecule has 3 N–H and O–H groups in total. The molecule has 0 aromatic heterocycles. The molecule has 0 radical (unpaired) electrons. The number of sulfonamides is 1. The Bertz CT molecular complexity index is 1290. The lowest BCUT2D eigenvalue weighted by Gasteiger charge is -2.23. The number of aromatic hydroxyl groups is 1. The highest BCUT2D eigenvalue weighted by molar-refractivity contribution is 7.89. The molecule has 0 unspecified atom stereocenters. The Hall–Kier alpha value is -3.69. The molecule has 0 aliphatic rings. The van der Waals surface area contributed by atoms with Gasteiger partial charge >= 0.3 is 5.97 Å². The van der Waals surface area contributed by atoms with Gasteiger partial charge in [-0.3, -0.25) is 4.79 Å². The van der Waals surface area contributed by atoms with Crippen LogP contribution in [0.2, 0.25) is 0 Å². The van der Waals surface area contributed by atoms with Gasteiger partial charge in [-0.15, -0.1) is 0 Å². The predicted octanol–water partition coefficient (Wildman–Crippen LogP) is 4.05. The Balaban J connectivity index is 1.68. The third-order valence-corrected chi connectivity index (χ3v) is 7.15. The number of carboxylic acid groups (broad SMARTS) is 1. The number of carbonyl (C=O) groups is 2. The summed E-state index contributed by atoms with van der Waals surface area (Å²) in [5.74, 6) is -1.14. The van der Waals surface area contributed by atoms with Crippen LogP contribution in [0.15, 0.2) is 77.7 Å². The van der Waals surface area contributed by atoms with Crippen LogP contribution in [-0.2, 0) is 23.0 Å². The average molecular weight is 511 g/mol. The predicted molar refractivity (Wildman–Crippen MR) is 136 cm³/mol. The first kappa shape index (κ1) is 26.9. The van der Waals surface area contributed by atoms with Crippen LogP contribution in [0.4, 0.5) is 0 Å². The van der Waals surface area contributed by atoms with Crippen LogP contribution in [0, 0.1) is 0 Å². The zero-order valence-electron chi connectivity index (χ0n) is 20.1. The molecule has 0 aliphatic carbocycles. The van der Waals surface area contributed by atoms with Crippen LogP contribution in [0.25, 0.3) is 0 Å². The summed E-state index contributed by atoms with van der Waals surface area (Å²) in [7, 11) is -3.76. The highest BCUT2D eigenvalue weighted by atomic mass is 32.2. The van der Waals surface area contributed by atoms with Gasteiger partial charge in [0.25, 0.3) is 5.91 Å². The molecule has 3 aromatic rings. The number of rotatable bonds is 12. The number of benzene rings is 3. The van der Waals surface area contributed by atoms with Crippen molar-refractivity contribution < 1.29 is 28.2 Å². The molecule has 1 amide bonds. The van der Waals surface area contributed by atoms with E-state index in [0.717, 1.165) is 18.4 Å². The molecule has 3 aromatic carbocycles. The normalized spacial score (nSPS) is 11.2. The van der Waals surface area contributed by atoms with Crippen molar-refractivity contribution in [2.75, 3.05) is 13.1 Å². The second-order valence-electron chi connectivity index (χ2n) is 8.42. The third kappa shape index (κ3) is 7.40. The number of unbranched alkanes of at least 4 members (excludes halogenated alkanes) is 1. The highest BCUT2D eigenvalue weighted by Crippen LogP contribution is 2.16. The van der Waals surface area contributed by atoms with Gasteiger partial charge < -0.3 is 15.1 Å². The fourth-order valence-corrected chi connectivity index (χ4v) is 4.69. The SMILES string of the molecule is CCCCN(Cc1cccc(C(=O)O)c1)C(=O)c1ccc(S(=O)(=O)NCCc2ccc(O)cc2)cc1. The number of carbonyl (C=O) groups excluding carboxylic acids is 1. The van der Waals surface area contributed by atoms with Gasteiger partial charge in [0.2, 0.25) is 10.0 Å². The fourth-order valence-electron chi connectivity index (χ4n) is 3.66. The molecule has 36 heavy (non-hydrogen) atoms. The number of amides is 1. The maximum Gasteiger partial charge on any atom is 0.335 e. The maximum absolute atomic E-state index is 13.2. The second kappa shape index (κ2) is 12.3. The van der Waals surface area contributed by atoms with Crippen molar-refractivity contribution in [2.24, 2.45) is 0 Å². The number of aromatic carboxylic acids is 1. The third-order valence-electron chi connectivity index (χ3n) is 5.67. The first-order chi connectivity index (χ1) is 17.2. The summed E-state index contributed by atoms with van der Waals surface area (Å²) >= 11 is 0. The number of hydrogen-bond acceptors (Lipinski definition) is 5. The summed E-state index contributed by atoms with van der Waals surface area (Å²) in [4.78, 5) is 26.2. The maximum atomic E-state index is 13.2. The smallest absolute Gasteiger partial charge is 0.335 e. The molecular weight excluding hydrogens is 480 g/mol. The number of hydrogen-bond donors (Lipinski definition) is 3. The lowest BCUT2D eigenvalue weighted by molar-refractivity contribution is 0.0696. The Morgan fingerprint density at radius 1 is 0.917 bits per heavy atom. The van der Waals surface area contributed by atoms with E-state index in [9.17, 15) is 28.2 Å². The Kier molecular flexibility index (Phi) is 9.21. The van der Waals surface area contributed by atoms with Crippen molar-refractivity contribution in [1.29, 1.82) is 0 Å². The molecule has 0 aliphatic heterocycles. The van der Waals surface area contributed by atoms with Gasteiger partial charge in [0.15, 0.2) is 0 Å². The molecule has 0 heterocycles. The summed E-state index contributed by atoms with van der Waals surface area (Å²) < 4.78 is 27.9. The van der Waals surface area contributed by atoms with Crippen LogP contribution in [-0.4, -0.2) is 48.5 Å². The number of phenols is 1. The van der Waals surface area contributed by atoms with E-state index in [1.54, 1.807) is 47.4 Å². The molecule has 190 valence electrons. The summed E-state index contributed by atoms with van der Waals surface area (Å²) in [5, 5.41) is 18.6. The molecule has 8 nitrogen and oxygen atoms in total. The van der Waals surface area contributed by atoms with Crippen molar-refractivity contribution in [3.05, 3.63) is 95.1 Å². The summed E-state index contributed by atoms with van der Waals surface area (Å²) in [6.07, 6.45) is 2.12. The number of carboxylic acids is 1. The number of phenolic OH excluding ortho intramolecular Hbond substituents is 1. The van der Waals surface area contributed by atoms with Crippen LogP contribution < -0.4 is 4.72 Å². The van der Waals surface area contributed by atoms with E-state index in [-0.39, 0.29) is 35.2 Å². The molecule has 3 rings (SSSR count). The van der Waals surface area contributed by atoms with Gasteiger partial charge in [-0.25, -0.2) is 17.9 Å². The molecule has 0 saturated carbocycles. The molecule has 0 spiro atoms.